The summed E-state index contributed by atoms with van der Waals surface area (Å²) in [5.41, 5.74) is 7.03. The van der Waals surface area contributed by atoms with Crippen molar-refractivity contribution in [2.24, 2.45) is 5.92 Å². The largest absolute Gasteiger partial charge is 0.397 e. The Hall–Kier alpha value is -3.44. The van der Waals surface area contributed by atoms with E-state index < -0.39 is 5.60 Å². The van der Waals surface area contributed by atoms with Crippen LogP contribution in [-0.4, -0.2) is 43.5 Å². The molecule has 4 rings (SSSR count). The summed E-state index contributed by atoms with van der Waals surface area (Å²) in [7, 11) is 0. The maximum absolute atomic E-state index is 10.3. The number of hydrogen-bond acceptors (Lipinski definition) is 7. The van der Waals surface area contributed by atoms with Gasteiger partial charge in [0.25, 0.3) is 0 Å². The van der Waals surface area contributed by atoms with Crippen molar-refractivity contribution in [2.75, 3.05) is 23.7 Å². The Balaban J connectivity index is 1.73. The van der Waals surface area contributed by atoms with Crippen molar-refractivity contribution < 1.29 is 5.11 Å². The van der Waals surface area contributed by atoms with Crippen LogP contribution in [0.1, 0.15) is 25.8 Å². The number of nitrogen functional groups attached to an aromatic ring is 1. The van der Waals surface area contributed by atoms with Crippen LogP contribution >= 0.6 is 0 Å². The minimum absolute atomic E-state index is 0.180. The lowest BCUT2D eigenvalue weighted by atomic mass is 9.90. The average molecular weight is 389 g/mol. The third-order valence-corrected chi connectivity index (χ3v) is 5.38. The summed E-state index contributed by atoms with van der Waals surface area (Å²) in [5, 5.41) is 24.1. The molecule has 0 saturated carbocycles. The highest BCUT2D eigenvalue weighted by Crippen LogP contribution is 2.32. The van der Waals surface area contributed by atoms with Gasteiger partial charge >= 0.3 is 0 Å². The number of nitrogens with zero attached hydrogens (tertiary/aromatic N) is 6. The van der Waals surface area contributed by atoms with E-state index >= 15 is 0 Å². The van der Waals surface area contributed by atoms with Crippen LogP contribution in [0, 0.1) is 17.2 Å². The molecule has 3 aromatic rings. The molecule has 3 N–H and O–H groups in total. The van der Waals surface area contributed by atoms with Gasteiger partial charge in [-0.15, -0.1) is 0 Å². The van der Waals surface area contributed by atoms with E-state index in [1.54, 1.807) is 29.2 Å². The second-order valence-corrected chi connectivity index (χ2v) is 7.82. The fourth-order valence-corrected chi connectivity index (χ4v) is 3.65. The zero-order valence-electron chi connectivity index (χ0n) is 16.4. The second kappa shape index (κ2) is 7.18. The summed E-state index contributed by atoms with van der Waals surface area (Å²) in [4.78, 5) is 11.5. The van der Waals surface area contributed by atoms with Gasteiger partial charge in [-0.2, -0.15) is 10.4 Å². The smallest absolute Gasteiger partial charge is 0.156 e. The SMILES string of the molecule is CC(C)(O)C1CCN(c2cccc(-c3nc(-n4cccn4)cc(N)c3C#N)n2)C1. The maximum Gasteiger partial charge on any atom is 0.156 e. The lowest BCUT2D eigenvalue weighted by molar-refractivity contribution is 0.0263. The monoisotopic (exact) mass is 389 g/mol. The molecule has 8 heteroatoms. The molecule has 0 bridgehead atoms. The molecule has 8 nitrogen and oxygen atoms in total. The summed E-state index contributed by atoms with van der Waals surface area (Å²) >= 11 is 0. The van der Waals surface area contributed by atoms with Crippen LogP contribution in [-0.2, 0) is 0 Å². The van der Waals surface area contributed by atoms with E-state index in [0.717, 1.165) is 25.3 Å². The molecular formula is C21H23N7O. The predicted octanol–water partition coefficient (Wildman–Crippen LogP) is 2.38. The van der Waals surface area contributed by atoms with Crippen molar-refractivity contribution in [1.82, 2.24) is 19.7 Å². The standard InChI is InChI=1S/C21H23N7O/c1-21(2,29)14-7-10-27(13-14)18-6-3-5-17(25-18)20-15(12-22)16(23)11-19(26-20)28-9-4-8-24-28/h3-6,8-9,11,14,29H,7,10,13H2,1-2H3,(H2,23,26). The van der Waals surface area contributed by atoms with E-state index in [1.807, 2.05) is 32.0 Å². The first-order chi connectivity index (χ1) is 13.9. The Labute approximate surface area is 169 Å². The number of hydrogen-bond donors (Lipinski definition) is 2. The van der Waals surface area contributed by atoms with Crippen molar-refractivity contribution >= 4 is 11.5 Å². The van der Waals surface area contributed by atoms with Gasteiger partial charge in [0.05, 0.1) is 17.0 Å². The molecule has 148 valence electrons. The number of rotatable bonds is 4. The molecular weight excluding hydrogens is 366 g/mol. The molecule has 1 aliphatic rings. The minimum Gasteiger partial charge on any atom is -0.397 e. The molecule has 1 saturated heterocycles. The first-order valence-electron chi connectivity index (χ1n) is 9.52. The summed E-state index contributed by atoms with van der Waals surface area (Å²) in [6.45, 7) is 5.24. The molecule has 0 radical (unpaired) electrons. The molecule has 0 amide bonds. The molecule has 3 aromatic heterocycles. The van der Waals surface area contributed by atoms with Gasteiger partial charge in [0, 0.05) is 37.5 Å². The van der Waals surface area contributed by atoms with Gasteiger partial charge in [-0.1, -0.05) is 6.07 Å². The van der Waals surface area contributed by atoms with Crippen LogP contribution in [0.3, 0.4) is 0 Å². The number of pyridine rings is 2. The van der Waals surface area contributed by atoms with Gasteiger partial charge in [0.15, 0.2) is 5.82 Å². The molecule has 0 aromatic carbocycles. The number of aliphatic hydroxyl groups is 1. The highest BCUT2D eigenvalue weighted by Gasteiger charge is 2.34. The highest BCUT2D eigenvalue weighted by molar-refractivity contribution is 5.74. The quantitative estimate of drug-likeness (QED) is 0.703. The highest BCUT2D eigenvalue weighted by atomic mass is 16.3. The van der Waals surface area contributed by atoms with Gasteiger partial charge < -0.3 is 15.7 Å². The fourth-order valence-electron chi connectivity index (χ4n) is 3.65. The Morgan fingerprint density at radius 2 is 2.07 bits per heavy atom. The van der Waals surface area contributed by atoms with E-state index in [-0.39, 0.29) is 5.92 Å². The van der Waals surface area contributed by atoms with Crippen molar-refractivity contribution in [3.05, 3.63) is 48.3 Å². The molecule has 0 spiro atoms. The van der Waals surface area contributed by atoms with Crippen LogP contribution in [0.5, 0.6) is 0 Å². The maximum atomic E-state index is 10.3. The third-order valence-electron chi connectivity index (χ3n) is 5.38. The number of nitriles is 1. The van der Waals surface area contributed by atoms with E-state index in [1.165, 1.54) is 0 Å². The number of aromatic nitrogens is 4. The topological polar surface area (TPSA) is 117 Å². The molecule has 1 atom stereocenters. The Kier molecular flexibility index (Phi) is 4.68. The van der Waals surface area contributed by atoms with E-state index in [0.29, 0.717) is 28.5 Å². The minimum atomic E-state index is -0.728. The van der Waals surface area contributed by atoms with Crippen LogP contribution < -0.4 is 10.6 Å². The van der Waals surface area contributed by atoms with Crippen molar-refractivity contribution in [1.29, 1.82) is 5.26 Å². The van der Waals surface area contributed by atoms with Crippen molar-refractivity contribution in [3.8, 4) is 23.3 Å². The van der Waals surface area contributed by atoms with Gasteiger partial charge in [-0.05, 0) is 38.5 Å². The van der Waals surface area contributed by atoms with Crippen LogP contribution in [0.4, 0.5) is 11.5 Å². The Bertz CT molecular complexity index is 1060. The molecule has 1 fully saturated rings. The lowest BCUT2D eigenvalue weighted by Gasteiger charge is -2.26. The summed E-state index contributed by atoms with van der Waals surface area (Å²) in [5.74, 6) is 1.50. The van der Waals surface area contributed by atoms with Gasteiger partial charge in [-0.3, -0.25) is 0 Å². The van der Waals surface area contributed by atoms with Gasteiger partial charge in [-0.25, -0.2) is 14.6 Å². The Morgan fingerprint density at radius 3 is 2.72 bits per heavy atom. The van der Waals surface area contributed by atoms with E-state index in [4.69, 9.17) is 10.7 Å². The van der Waals surface area contributed by atoms with Crippen LogP contribution in [0.2, 0.25) is 0 Å². The summed E-state index contributed by atoms with van der Waals surface area (Å²) in [6, 6.07) is 11.2. The fraction of sp³-hybridized carbons (Fsp3) is 0.333. The van der Waals surface area contributed by atoms with Gasteiger partial charge in [0.2, 0.25) is 0 Å². The Morgan fingerprint density at radius 1 is 1.24 bits per heavy atom. The average Bonchev–Trinajstić information content (AvgIpc) is 3.39. The van der Waals surface area contributed by atoms with E-state index in [2.05, 4.69) is 21.1 Å². The predicted molar refractivity (Wildman–Crippen MR) is 110 cm³/mol. The van der Waals surface area contributed by atoms with E-state index in [9.17, 15) is 10.4 Å². The zero-order chi connectivity index (χ0) is 20.6. The normalized spacial score (nSPS) is 16.8. The van der Waals surface area contributed by atoms with Crippen LogP contribution in [0.25, 0.3) is 17.2 Å². The molecule has 0 aliphatic carbocycles. The molecule has 1 aliphatic heterocycles. The summed E-state index contributed by atoms with van der Waals surface area (Å²) < 4.78 is 1.60. The molecule has 1 unspecified atom stereocenters. The molecule has 29 heavy (non-hydrogen) atoms. The zero-order valence-corrected chi connectivity index (χ0v) is 16.4. The van der Waals surface area contributed by atoms with Crippen molar-refractivity contribution in [2.45, 2.75) is 25.9 Å². The van der Waals surface area contributed by atoms with Crippen LogP contribution in [0.15, 0.2) is 42.7 Å². The van der Waals surface area contributed by atoms with Gasteiger partial charge in [0.1, 0.15) is 23.1 Å². The summed E-state index contributed by atoms with van der Waals surface area (Å²) in [6.07, 6.45) is 4.32. The first-order valence-corrected chi connectivity index (χ1v) is 9.52. The lowest BCUT2D eigenvalue weighted by Crippen LogP contribution is -2.33. The third kappa shape index (κ3) is 3.65. The molecule has 4 heterocycles. The first kappa shape index (κ1) is 18.9. The number of nitrogens with two attached hydrogens (primary N) is 1. The second-order valence-electron chi connectivity index (χ2n) is 7.82. The van der Waals surface area contributed by atoms with Crippen molar-refractivity contribution in [3.63, 3.8) is 0 Å². The number of anilines is 2.